The van der Waals surface area contributed by atoms with Crippen molar-refractivity contribution in [1.29, 1.82) is 0 Å². The van der Waals surface area contributed by atoms with Crippen LogP contribution in [0.4, 0.5) is 5.69 Å². The van der Waals surface area contributed by atoms with Crippen LogP contribution in [0.15, 0.2) is 65.1 Å². The fourth-order valence-electron chi connectivity index (χ4n) is 2.47. The zero-order valence-corrected chi connectivity index (χ0v) is 16.9. The molecule has 146 valence electrons. The molecule has 10 heteroatoms. The van der Waals surface area contributed by atoms with Crippen molar-refractivity contribution in [2.45, 2.75) is 12.1 Å². The monoisotopic (exact) mass is 425 g/mol. The third-order valence-electron chi connectivity index (χ3n) is 3.95. The Morgan fingerprint density at radius 3 is 2.69 bits per heavy atom. The highest BCUT2D eigenvalue weighted by atomic mass is 35.5. The van der Waals surface area contributed by atoms with Crippen molar-refractivity contribution in [2.75, 3.05) is 11.1 Å². The number of halogens is 1. The number of thioether (sulfide) groups is 1. The summed E-state index contributed by atoms with van der Waals surface area (Å²) in [5.74, 6) is 0.516. The van der Waals surface area contributed by atoms with Gasteiger partial charge in [-0.1, -0.05) is 53.2 Å². The molecule has 4 aromatic rings. The minimum atomic E-state index is -0.129. The lowest BCUT2D eigenvalue weighted by atomic mass is 10.2. The molecular weight excluding hydrogens is 410 g/mol. The number of hydrogen-bond donors (Lipinski definition) is 1. The summed E-state index contributed by atoms with van der Waals surface area (Å²) in [6.45, 7) is 2.00. The number of anilines is 1. The molecule has 2 aromatic carbocycles. The Morgan fingerprint density at radius 1 is 1.17 bits per heavy atom. The largest absolute Gasteiger partial charge is 0.325 e. The SMILES string of the molecule is Cc1ccc(NC(=O)CSc2nnc3n(/N=C/c4ccc(Cl)cc4)cnn23)cc1. The number of aromatic nitrogens is 5. The first-order chi connectivity index (χ1) is 14.1. The average Bonchev–Trinajstić information content (AvgIpc) is 3.30. The molecule has 0 aliphatic rings. The molecule has 0 fully saturated rings. The lowest BCUT2D eigenvalue weighted by Gasteiger charge is -2.04. The molecule has 4 rings (SSSR count). The van der Waals surface area contributed by atoms with Crippen LogP contribution in [0.3, 0.4) is 0 Å². The summed E-state index contributed by atoms with van der Waals surface area (Å²) in [6, 6.07) is 14.9. The maximum atomic E-state index is 12.2. The number of nitrogens with one attached hydrogen (secondary N) is 1. The Bertz CT molecular complexity index is 1170. The van der Waals surface area contributed by atoms with E-state index in [0.717, 1.165) is 16.8 Å². The second-order valence-corrected chi connectivity index (χ2v) is 7.55. The van der Waals surface area contributed by atoms with Gasteiger partial charge in [0.05, 0.1) is 12.0 Å². The van der Waals surface area contributed by atoms with Crippen LogP contribution < -0.4 is 5.32 Å². The number of carbonyl (C=O) groups excluding carboxylic acids is 1. The second kappa shape index (κ2) is 8.46. The summed E-state index contributed by atoms with van der Waals surface area (Å²) in [5.41, 5.74) is 2.79. The molecule has 0 spiro atoms. The summed E-state index contributed by atoms with van der Waals surface area (Å²) < 4.78 is 3.06. The smallest absolute Gasteiger partial charge is 0.275 e. The number of hydrogen-bond acceptors (Lipinski definition) is 6. The van der Waals surface area contributed by atoms with Gasteiger partial charge in [-0.15, -0.1) is 10.2 Å². The van der Waals surface area contributed by atoms with E-state index in [2.05, 4.69) is 25.7 Å². The van der Waals surface area contributed by atoms with E-state index in [1.165, 1.54) is 22.8 Å². The van der Waals surface area contributed by atoms with E-state index in [-0.39, 0.29) is 11.7 Å². The minimum absolute atomic E-state index is 0.129. The van der Waals surface area contributed by atoms with Crippen molar-refractivity contribution in [3.63, 3.8) is 0 Å². The van der Waals surface area contributed by atoms with Crippen LogP contribution in [0.2, 0.25) is 5.02 Å². The first-order valence-corrected chi connectivity index (χ1v) is 10.0. The third kappa shape index (κ3) is 4.64. The molecule has 8 nitrogen and oxygen atoms in total. The van der Waals surface area contributed by atoms with Crippen LogP contribution in [0, 0.1) is 6.92 Å². The molecule has 0 bridgehead atoms. The summed E-state index contributed by atoms with van der Waals surface area (Å²) in [5, 5.41) is 20.8. The van der Waals surface area contributed by atoms with Gasteiger partial charge in [-0.05, 0) is 36.8 Å². The normalized spacial score (nSPS) is 11.4. The number of nitrogens with zero attached hydrogens (tertiary/aromatic N) is 6. The Kier molecular flexibility index (Phi) is 5.59. The number of carbonyl (C=O) groups is 1. The van der Waals surface area contributed by atoms with Gasteiger partial charge >= 0.3 is 0 Å². The standard InChI is InChI=1S/C19H16ClN7OS/c1-13-2-8-16(9-3-13)23-17(28)11-29-19-25-24-18-26(12-22-27(18)19)21-10-14-4-6-15(20)7-5-14/h2-10,12H,11H2,1H3,(H,23,28)/b21-10+. The van der Waals surface area contributed by atoms with E-state index in [1.807, 2.05) is 43.3 Å². The molecule has 1 amide bonds. The predicted octanol–water partition coefficient (Wildman–Crippen LogP) is 3.50. The Hall–Kier alpha value is -3.17. The maximum Gasteiger partial charge on any atom is 0.275 e. The number of rotatable bonds is 6. The van der Waals surface area contributed by atoms with Crippen molar-refractivity contribution in [3.8, 4) is 0 Å². The van der Waals surface area contributed by atoms with Gasteiger partial charge in [0, 0.05) is 10.7 Å². The van der Waals surface area contributed by atoms with Crippen LogP contribution >= 0.6 is 23.4 Å². The van der Waals surface area contributed by atoms with Gasteiger partial charge in [0.25, 0.3) is 5.78 Å². The summed E-state index contributed by atoms with van der Waals surface area (Å²) in [7, 11) is 0. The highest BCUT2D eigenvalue weighted by molar-refractivity contribution is 7.99. The average molecular weight is 426 g/mol. The maximum absolute atomic E-state index is 12.2. The van der Waals surface area contributed by atoms with E-state index >= 15 is 0 Å². The van der Waals surface area contributed by atoms with E-state index < -0.39 is 0 Å². The topological polar surface area (TPSA) is 89.5 Å². The molecule has 0 saturated carbocycles. The molecule has 2 heterocycles. The summed E-state index contributed by atoms with van der Waals surface area (Å²) >= 11 is 7.14. The molecule has 1 N–H and O–H groups in total. The quantitative estimate of drug-likeness (QED) is 0.377. The number of fused-ring (bicyclic) bond motifs is 1. The second-order valence-electron chi connectivity index (χ2n) is 6.17. The van der Waals surface area contributed by atoms with Crippen LogP contribution in [-0.4, -0.2) is 42.4 Å². The third-order valence-corrected chi connectivity index (χ3v) is 5.12. The highest BCUT2D eigenvalue weighted by Gasteiger charge is 2.13. The van der Waals surface area contributed by atoms with Gasteiger partial charge in [0.15, 0.2) is 0 Å². The zero-order chi connectivity index (χ0) is 20.2. The van der Waals surface area contributed by atoms with E-state index in [4.69, 9.17) is 11.6 Å². The minimum Gasteiger partial charge on any atom is -0.325 e. The molecule has 0 unspecified atom stereocenters. The van der Waals surface area contributed by atoms with Crippen molar-refractivity contribution in [1.82, 2.24) is 24.5 Å². The van der Waals surface area contributed by atoms with Crippen LogP contribution in [0.5, 0.6) is 0 Å². The van der Waals surface area contributed by atoms with Crippen molar-refractivity contribution >= 4 is 46.9 Å². The van der Waals surface area contributed by atoms with Crippen LogP contribution in [0.25, 0.3) is 5.78 Å². The van der Waals surface area contributed by atoms with E-state index in [1.54, 1.807) is 22.9 Å². The molecule has 29 heavy (non-hydrogen) atoms. The lowest BCUT2D eigenvalue weighted by molar-refractivity contribution is -0.113. The van der Waals surface area contributed by atoms with Crippen LogP contribution in [0.1, 0.15) is 11.1 Å². The van der Waals surface area contributed by atoms with Gasteiger partial charge < -0.3 is 5.32 Å². The van der Waals surface area contributed by atoms with Crippen LogP contribution in [-0.2, 0) is 4.79 Å². The van der Waals surface area contributed by atoms with Gasteiger partial charge in [0.1, 0.15) is 6.33 Å². The first-order valence-electron chi connectivity index (χ1n) is 8.66. The Morgan fingerprint density at radius 2 is 1.93 bits per heavy atom. The van der Waals surface area contributed by atoms with Gasteiger partial charge in [-0.25, -0.2) is 0 Å². The fraction of sp³-hybridized carbons (Fsp3) is 0.105. The van der Waals surface area contributed by atoms with E-state index in [9.17, 15) is 4.79 Å². The molecule has 0 saturated heterocycles. The highest BCUT2D eigenvalue weighted by Crippen LogP contribution is 2.17. The Balaban J connectivity index is 1.41. The lowest BCUT2D eigenvalue weighted by Crippen LogP contribution is -2.14. The molecule has 0 aliphatic heterocycles. The molecule has 0 radical (unpaired) electrons. The number of benzene rings is 2. The predicted molar refractivity (Wildman–Crippen MR) is 114 cm³/mol. The molecule has 0 aliphatic carbocycles. The van der Waals surface area contributed by atoms with Gasteiger partial charge in [-0.3, -0.25) is 4.79 Å². The van der Waals surface area contributed by atoms with Crippen molar-refractivity contribution in [2.24, 2.45) is 5.10 Å². The van der Waals surface area contributed by atoms with Crippen molar-refractivity contribution in [3.05, 3.63) is 71.0 Å². The van der Waals surface area contributed by atoms with Crippen molar-refractivity contribution < 1.29 is 4.79 Å². The van der Waals surface area contributed by atoms with Gasteiger partial charge in [0.2, 0.25) is 11.1 Å². The summed E-state index contributed by atoms with van der Waals surface area (Å²) in [6.07, 6.45) is 3.21. The molecule has 0 atom stereocenters. The summed E-state index contributed by atoms with van der Waals surface area (Å²) in [4.78, 5) is 12.2. The zero-order valence-electron chi connectivity index (χ0n) is 15.4. The molecular formula is C19H16ClN7OS. The first kappa shape index (κ1) is 19.2. The molecule has 2 aromatic heterocycles. The van der Waals surface area contributed by atoms with Gasteiger partial charge in [-0.2, -0.15) is 19.4 Å². The number of amides is 1. The van der Waals surface area contributed by atoms with E-state index in [0.29, 0.717) is 16.0 Å². The number of aryl methyl sites for hydroxylation is 1. The Labute approximate surface area is 175 Å². The fourth-order valence-corrected chi connectivity index (χ4v) is 3.28.